The number of hydrogen-bond donors (Lipinski definition) is 1. The first-order valence-electron chi connectivity index (χ1n) is 8.73. The first-order chi connectivity index (χ1) is 12.4. The van der Waals surface area contributed by atoms with Gasteiger partial charge in [-0.05, 0) is 26.2 Å². The van der Waals surface area contributed by atoms with Crippen LogP contribution in [0, 0.1) is 19.8 Å². The fourth-order valence-corrected chi connectivity index (χ4v) is 3.18. The topological polar surface area (TPSA) is 106 Å². The van der Waals surface area contributed by atoms with E-state index in [4.69, 9.17) is 4.52 Å². The van der Waals surface area contributed by atoms with Crippen LogP contribution in [-0.2, 0) is 22.7 Å². The van der Waals surface area contributed by atoms with Crippen LogP contribution in [0.2, 0.25) is 0 Å². The lowest BCUT2D eigenvalue weighted by molar-refractivity contribution is -0.142. The van der Waals surface area contributed by atoms with Crippen molar-refractivity contribution in [2.45, 2.75) is 53.2 Å². The summed E-state index contributed by atoms with van der Waals surface area (Å²) in [4.78, 5) is 26.8. The fraction of sp³-hybridized carbons (Fsp3) is 0.588. The first kappa shape index (κ1) is 18.1. The van der Waals surface area contributed by atoms with Gasteiger partial charge in [0.15, 0.2) is 0 Å². The molecular formula is C17H24N6O3. The molecule has 0 saturated heterocycles. The molecule has 3 rings (SSSR count). The Labute approximate surface area is 151 Å². The van der Waals surface area contributed by atoms with Crippen LogP contribution < -0.4 is 5.32 Å². The molecule has 0 saturated carbocycles. The summed E-state index contributed by atoms with van der Waals surface area (Å²) in [5, 5.41) is 14.7. The van der Waals surface area contributed by atoms with Gasteiger partial charge in [0.2, 0.25) is 11.8 Å². The Hall–Kier alpha value is -2.71. The van der Waals surface area contributed by atoms with Gasteiger partial charge in [-0.15, -0.1) is 5.10 Å². The number of hydrogen-bond acceptors (Lipinski definition) is 6. The van der Waals surface area contributed by atoms with Crippen LogP contribution in [0.15, 0.2) is 10.7 Å². The Balaban J connectivity index is 1.66. The predicted octanol–water partition coefficient (Wildman–Crippen LogP) is 1.13. The van der Waals surface area contributed by atoms with Crippen LogP contribution in [0.1, 0.15) is 49.0 Å². The highest BCUT2D eigenvalue weighted by Gasteiger charge is 2.35. The lowest BCUT2D eigenvalue weighted by Gasteiger charge is -2.33. The third kappa shape index (κ3) is 3.61. The van der Waals surface area contributed by atoms with E-state index >= 15 is 0 Å². The van der Waals surface area contributed by atoms with E-state index in [1.165, 1.54) is 0 Å². The number of nitrogens with one attached hydrogen (secondary N) is 1. The standard InChI is InChI=1S/C17H24N6O3/c1-10(2)5-15-17(25)22(8-13-6-19-21-23(13)15)9-16(24)18-7-14-11(3)20-26-12(14)4/h6,10,15H,5,7-9H2,1-4H3,(H,18,24)/t15-/m0/s1. The normalized spacial score (nSPS) is 16.9. The molecule has 2 aromatic rings. The van der Waals surface area contributed by atoms with Crippen LogP contribution in [0.25, 0.3) is 0 Å². The third-order valence-corrected chi connectivity index (χ3v) is 4.57. The molecule has 1 N–H and O–H groups in total. The smallest absolute Gasteiger partial charge is 0.248 e. The molecule has 0 fully saturated rings. The molecule has 140 valence electrons. The van der Waals surface area contributed by atoms with Gasteiger partial charge in [-0.25, -0.2) is 4.68 Å². The molecule has 0 bridgehead atoms. The van der Waals surface area contributed by atoms with Gasteiger partial charge in [0.1, 0.15) is 18.3 Å². The van der Waals surface area contributed by atoms with Crippen molar-refractivity contribution in [2.24, 2.45) is 5.92 Å². The Bertz CT molecular complexity index is 790. The van der Waals surface area contributed by atoms with Crippen LogP contribution in [-0.4, -0.2) is 43.4 Å². The average molecular weight is 360 g/mol. The van der Waals surface area contributed by atoms with E-state index in [-0.39, 0.29) is 18.4 Å². The van der Waals surface area contributed by atoms with Crippen molar-refractivity contribution in [3.05, 3.63) is 28.9 Å². The summed E-state index contributed by atoms with van der Waals surface area (Å²) in [5.74, 6) is 0.699. The molecule has 0 radical (unpaired) electrons. The maximum atomic E-state index is 12.8. The highest BCUT2D eigenvalue weighted by atomic mass is 16.5. The summed E-state index contributed by atoms with van der Waals surface area (Å²) >= 11 is 0. The van der Waals surface area contributed by atoms with Crippen molar-refractivity contribution < 1.29 is 14.1 Å². The third-order valence-electron chi connectivity index (χ3n) is 4.57. The second kappa shape index (κ2) is 7.27. The summed E-state index contributed by atoms with van der Waals surface area (Å²) in [5.41, 5.74) is 2.46. The summed E-state index contributed by atoms with van der Waals surface area (Å²) in [6, 6.07) is -0.406. The van der Waals surface area contributed by atoms with E-state index in [0.717, 1.165) is 17.0 Å². The van der Waals surface area contributed by atoms with Gasteiger partial charge < -0.3 is 14.7 Å². The zero-order valence-corrected chi connectivity index (χ0v) is 15.5. The van der Waals surface area contributed by atoms with Gasteiger partial charge in [-0.1, -0.05) is 24.2 Å². The molecule has 0 unspecified atom stereocenters. The van der Waals surface area contributed by atoms with Crippen LogP contribution >= 0.6 is 0 Å². The highest BCUT2D eigenvalue weighted by Crippen LogP contribution is 2.26. The minimum absolute atomic E-state index is 0.00197. The minimum atomic E-state index is -0.406. The number of fused-ring (bicyclic) bond motifs is 1. The van der Waals surface area contributed by atoms with Crippen molar-refractivity contribution in [3.8, 4) is 0 Å². The molecule has 2 amide bonds. The van der Waals surface area contributed by atoms with E-state index < -0.39 is 6.04 Å². The summed E-state index contributed by atoms with van der Waals surface area (Å²) in [6.07, 6.45) is 2.31. The van der Waals surface area contributed by atoms with E-state index in [1.807, 2.05) is 6.92 Å². The van der Waals surface area contributed by atoms with Gasteiger partial charge in [0.05, 0.1) is 24.1 Å². The second-order valence-electron chi connectivity index (χ2n) is 7.09. The molecule has 2 aromatic heterocycles. The number of amides is 2. The van der Waals surface area contributed by atoms with Crippen LogP contribution in [0.5, 0.6) is 0 Å². The van der Waals surface area contributed by atoms with Crippen molar-refractivity contribution in [1.82, 2.24) is 30.4 Å². The number of nitrogens with zero attached hydrogens (tertiary/aromatic N) is 5. The van der Waals surface area contributed by atoms with E-state index in [1.54, 1.807) is 22.7 Å². The maximum absolute atomic E-state index is 12.8. The number of aryl methyl sites for hydroxylation is 2. The minimum Gasteiger partial charge on any atom is -0.361 e. The van der Waals surface area contributed by atoms with E-state index in [2.05, 4.69) is 34.6 Å². The SMILES string of the molecule is Cc1noc(C)c1CNC(=O)CN1Cc2cnnn2[C@@H](CC(C)C)C1=O. The van der Waals surface area contributed by atoms with Crippen molar-refractivity contribution in [2.75, 3.05) is 6.54 Å². The van der Waals surface area contributed by atoms with E-state index in [9.17, 15) is 9.59 Å². The molecule has 1 atom stereocenters. The second-order valence-corrected chi connectivity index (χ2v) is 7.09. The predicted molar refractivity (Wildman–Crippen MR) is 91.8 cm³/mol. The molecular weight excluding hydrogens is 336 g/mol. The molecule has 26 heavy (non-hydrogen) atoms. The zero-order chi connectivity index (χ0) is 18.8. The van der Waals surface area contributed by atoms with E-state index in [0.29, 0.717) is 31.2 Å². The highest BCUT2D eigenvalue weighted by molar-refractivity contribution is 5.87. The molecule has 9 nitrogen and oxygen atoms in total. The molecule has 9 heteroatoms. The van der Waals surface area contributed by atoms with Gasteiger partial charge >= 0.3 is 0 Å². The molecule has 0 aromatic carbocycles. The number of aromatic nitrogens is 4. The van der Waals surface area contributed by atoms with Crippen LogP contribution in [0.4, 0.5) is 0 Å². The first-order valence-corrected chi connectivity index (χ1v) is 8.73. The number of rotatable bonds is 6. The van der Waals surface area contributed by atoms with Gasteiger partial charge in [-0.2, -0.15) is 0 Å². The molecule has 1 aliphatic heterocycles. The Morgan fingerprint density at radius 3 is 2.85 bits per heavy atom. The number of carbonyl (C=O) groups is 2. The van der Waals surface area contributed by atoms with Crippen molar-refractivity contribution in [1.29, 1.82) is 0 Å². The Kier molecular flexibility index (Phi) is 5.06. The lowest BCUT2D eigenvalue weighted by Crippen LogP contribution is -2.47. The van der Waals surface area contributed by atoms with Crippen LogP contribution in [0.3, 0.4) is 0 Å². The quantitative estimate of drug-likeness (QED) is 0.828. The molecule has 1 aliphatic rings. The monoisotopic (exact) mass is 360 g/mol. The van der Waals surface area contributed by atoms with Crippen molar-refractivity contribution in [3.63, 3.8) is 0 Å². The maximum Gasteiger partial charge on any atom is 0.248 e. The Morgan fingerprint density at radius 1 is 1.42 bits per heavy atom. The van der Waals surface area contributed by atoms with Gasteiger partial charge in [0, 0.05) is 12.1 Å². The van der Waals surface area contributed by atoms with Gasteiger partial charge in [-0.3, -0.25) is 9.59 Å². The number of carbonyl (C=O) groups excluding carboxylic acids is 2. The van der Waals surface area contributed by atoms with Gasteiger partial charge in [0.25, 0.3) is 0 Å². The summed E-state index contributed by atoms with van der Waals surface area (Å²) in [7, 11) is 0. The molecule has 0 aliphatic carbocycles. The molecule has 0 spiro atoms. The van der Waals surface area contributed by atoms with Crippen molar-refractivity contribution >= 4 is 11.8 Å². The average Bonchev–Trinajstić information content (AvgIpc) is 3.16. The Morgan fingerprint density at radius 2 is 2.19 bits per heavy atom. The lowest BCUT2D eigenvalue weighted by atomic mass is 10.0. The molecule has 3 heterocycles. The summed E-state index contributed by atoms with van der Waals surface area (Å²) < 4.78 is 6.77. The zero-order valence-electron chi connectivity index (χ0n) is 15.5. The summed E-state index contributed by atoms with van der Waals surface area (Å²) in [6.45, 7) is 8.41. The fourth-order valence-electron chi connectivity index (χ4n) is 3.18. The largest absolute Gasteiger partial charge is 0.361 e.